The molecule has 0 saturated carbocycles. The van der Waals surface area contributed by atoms with E-state index in [0.717, 1.165) is 44.9 Å². The second-order valence-corrected chi connectivity index (χ2v) is 5.34. The average molecular weight is 260 g/mol. The molecule has 0 atom stereocenters. The predicted octanol–water partition coefficient (Wildman–Crippen LogP) is -1.35. The van der Waals surface area contributed by atoms with Gasteiger partial charge in [-0.15, -0.1) is 0 Å². The third-order valence-corrected chi connectivity index (χ3v) is 3.09. The molecule has 0 fully saturated rings. The fraction of sp³-hybridized carbons (Fsp3) is 1.00. The monoisotopic (exact) mass is 260 g/mol. The molecular formula is C10H21NaO4S. The quantitative estimate of drug-likeness (QED) is 0.299. The Morgan fingerprint density at radius 2 is 1.19 bits per heavy atom. The molecule has 0 aromatic rings. The molecule has 0 radical (unpaired) electrons. The minimum Gasteiger partial charge on any atom is -0.748 e. The zero-order valence-electron chi connectivity index (χ0n) is 10.2. The summed E-state index contributed by atoms with van der Waals surface area (Å²) in [5, 5.41) is 8.53. The summed E-state index contributed by atoms with van der Waals surface area (Å²) in [6.07, 6.45) is 7.58. The van der Waals surface area contributed by atoms with Gasteiger partial charge in [-0.2, -0.15) is 0 Å². The number of aliphatic hydroxyl groups excluding tert-OH is 1. The van der Waals surface area contributed by atoms with Gasteiger partial charge in [-0.05, 0) is 12.8 Å². The van der Waals surface area contributed by atoms with E-state index in [1.165, 1.54) is 0 Å². The first-order valence-electron chi connectivity index (χ1n) is 5.60. The molecule has 0 aliphatic carbocycles. The molecule has 0 spiro atoms. The van der Waals surface area contributed by atoms with Crippen LogP contribution < -0.4 is 29.6 Å². The first-order valence-corrected chi connectivity index (χ1v) is 7.18. The predicted molar refractivity (Wildman–Crippen MR) is 58.6 cm³/mol. The second-order valence-electron chi connectivity index (χ2n) is 3.81. The van der Waals surface area contributed by atoms with Gasteiger partial charge in [-0.25, -0.2) is 8.42 Å². The summed E-state index contributed by atoms with van der Waals surface area (Å²) in [6.45, 7) is 0.265. The van der Waals surface area contributed by atoms with Crippen molar-refractivity contribution in [3.63, 3.8) is 0 Å². The maximum atomic E-state index is 10.3. The largest absolute Gasteiger partial charge is 1.00 e. The van der Waals surface area contributed by atoms with Crippen LogP contribution in [0.25, 0.3) is 0 Å². The number of unbranched alkanes of at least 4 members (excludes halogenated alkanes) is 7. The molecule has 6 heteroatoms. The Balaban J connectivity index is 0. The molecule has 92 valence electrons. The SMILES string of the molecule is O=S(=O)([O-])CCCCCCCCCCO.[Na+]. The van der Waals surface area contributed by atoms with E-state index in [1.54, 1.807) is 0 Å². The van der Waals surface area contributed by atoms with Crippen LogP contribution >= 0.6 is 0 Å². The van der Waals surface area contributed by atoms with E-state index in [-0.39, 0.29) is 41.9 Å². The fourth-order valence-electron chi connectivity index (χ4n) is 1.45. The van der Waals surface area contributed by atoms with Gasteiger partial charge in [0.25, 0.3) is 0 Å². The number of rotatable bonds is 10. The maximum Gasteiger partial charge on any atom is 1.00 e. The van der Waals surface area contributed by atoms with Crippen molar-refractivity contribution >= 4 is 10.1 Å². The van der Waals surface area contributed by atoms with Crippen molar-refractivity contribution in [2.45, 2.75) is 51.4 Å². The summed E-state index contributed by atoms with van der Waals surface area (Å²) in [4.78, 5) is 0. The molecule has 0 bridgehead atoms. The van der Waals surface area contributed by atoms with Crippen molar-refractivity contribution in [2.75, 3.05) is 12.4 Å². The molecule has 0 aliphatic rings. The van der Waals surface area contributed by atoms with Gasteiger partial charge in [0, 0.05) is 12.4 Å². The molecule has 0 aliphatic heterocycles. The fourth-order valence-corrected chi connectivity index (χ4v) is 2.01. The van der Waals surface area contributed by atoms with Crippen LogP contribution in [0.3, 0.4) is 0 Å². The standard InChI is InChI=1S/C10H22O4S.Na/c11-9-7-5-3-1-2-4-6-8-10-15(12,13)14;/h11H,1-10H2,(H,12,13,14);/q;+1/p-1. The molecule has 0 unspecified atom stereocenters. The molecule has 16 heavy (non-hydrogen) atoms. The summed E-state index contributed by atoms with van der Waals surface area (Å²) >= 11 is 0. The Morgan fingerprint density at radius 3 is 1.56 bits per heavy atom. The van der Waals surface area contributed by atoms with E-state index in [9.17, 15) is 13.0 Å². The number of hydrogen-bond donors (Lipinski definition) is 1. The molecule has 0 amide bonds. The molecule has 0 aromatic carbocycles. The Labute approximate surface area is 121 Å². The molecule has 0 aromatic heterocycles. The first-order chi connectivity index (χ1) is 7.06. The molecule has 0 rings (SSSR count). The summed E-state index contributed by atoms with van der Waals surface area (Å²) in [6, 6.07) is 0. The van der Waals surface area contributed by atoms with E-state index in [0.29, 0.717) is 6.42 Å². The third-order valence-electron chi connectivity index (χ3n) is 2.30. The Kier molecular flexibility index (Phi) is 14.8. The van der Waals surface area contributed by atoms with Crippen LogP contribution in [-0.2, 0) is 10.1 Å². The van der Waals surface area contributed by atoms with E-state index in [1.807, 2.05) is 0 Å². The zero-order valence-corrected chi connectivity index (χ0v) is 13.0. The van der Waals surface area contributed by atoms with Gasteiger partial charge >= 0.3 is 29.6 Å². The Hall–Kier alpha value is 0.870. The number of aliphatic hydroxyl groups is 1. The van der Waals surface area contributed by atoms with Gasteiger partial charge < -0.3 is 9.66 Å². The van der Waals surface area contributed by atoms with E-state index >= 15 is 0 Å². The topological polar surface area (TPSA) is 77.4 Å². The Morgan fingerprint density at radius 1 is 0.812 bits per heavy atom. The molecule has 0 saturated heterocycles. The van der Waals surface area contributed by atoms with Crippen LogP contribution in [0.1, 0.15) is 51.4 Å². The van der Waals surface area contributed by atoms with Crippen LogP contribution in [0.2, 0.25) is 0 Å². The van der Waals surface area contributed by atoms with E-state index in [2.05, 4.69) is 0 Å². The van der Waals surface area contributed by atoms with Gasteiger partial charge in [-0.3, -0.25) is 0 Å². The molecule has 4 nitrogen and oxygen atoms in total. The minimum absolute atomic E-state index is 0. The second kappa shape index (κ2) is 12.3. The summed E-state index contributed by atoms with van der Waals surface area (Å²) in [7, 11) is -4.01. The van der Waals surface area contributed by atoms with Gasteiger partial charge in [0.1, 0.15) is 0 Å². The van der Waals surface area contributed by atoms with Crippen molar-refractivity contribution in [3.05, 3.63) is 0 Å². The van der Waals surface area contributed by atoms with Gasteiger partial charge in [0.2, 0.25) is 0 Å². The normalized spacial score (nSPS) is 11.1. The van der Waals surface area contributed by atoms with Crippen LogP contribution in [-0.4, -0.2) is 30.4 Å². The molecule has 1 N–H and O–H groups in total. The van der Waals surface area contributed by atoms with Crippen molar-refractivity contribution in [1.82, 2.24) is 0 Å². The summed E-state index contributed by atoms with van der Waals surface area (Å²) in [5.74, 6) is -0.225. The molecular weight excluding hydrogens is 239 g/mol. The molecule has 0 heterocycles. The van der Waals surface area contributed by atoms with E-state index in [4.69, 9.17) is 5.11 Å². The minimum atomic E-state index is -4.01. The zero-order chi connectivity index (χ0) is 11.6. The maximum absolute atomic E-state index is 10.3. The van der Waals surface area contributed by atoms with Gasteiger partial charge in [-0.1, -0.05) is 38.5 Å². The van der Waals surface area contributed by atoms with Crippen LogP contribution in [0.15, 0.2) is 0 Å². The summed E-state index contributed by atoms with van der Waals surface area (Å²) < 4.78 is 30.8. The van der Waals surface area contributed by atoms with Crippen LogP contribution in [0, 0.1) is 0 Å². The van der Waals surface area contributed by atoms with E-state index < -0.39 is 10.1 Å². The van der Waals surface area contributed by atoms with Gasteiger partial charge in [0.15, 0.2) is 0 Å². The smallest absolute Gasteiger partial charge is 0.748 e. The number of hydrogen-bond acceptors (Lipinski definition) is 4. The third kappa shape index (κ3) is 17.3. The summed E-state index contributed by atoms with van der Waals surface area (Å²) in [5.41, 5.74) is 0. The van der Waals surface area contributed by atoms with Crippen LogP contribution in [0.4, 0.5) is 0 Å². The van der Waals surface area contributed by atoms with Crippen LogP contribution in [0.5, 0.6) is 0 Å². The van der Waals surface area contributed by atoms with Gasteiger partial charge in [0.05, 0.1) is 10.1 Å². The Bertz CT molecular complexity index is 229. The van der Waals surface area contributed by atoms with Crippen molar-refractivity contribution in [3.8, 4) is 0 Å². The first kappa shape index (κ1) is 19.2. The van der Waals surface area contributed by atoms with Crippen molar-refractivity contribution < 1.29 is 47.6 Å². The average Bonchev–Trinajstić information content (AvgIpc) is 2.14. The van der Waals surface area contributed by atoms with Crippen molar-refractivity contribution in [2.24, 2.45) is 0 Å². The van der Waals surface area contributed by atoms with Crippen molar-refractivity contribution in [1.29, 1.82) is 0 Å².